The summed E-state index contributed by atoms with van der Waals surface area (Å²) in [6.45, 7) is 0.313. The van der Waals surface area contributed by atoms with Crippen LogP contribution >= 0.6 is 0 Å². The number of methoxy groups -OCH3 is 3. The Kier molecular flexibility index (Phi) is 4.83. The van der Waals surface area contributed by atoms with Crippen LogP contribution in [0.2, 0.25) is 0 Å². The lowest BCUT2D eigenvalue weighted by Crippen LogP contribution is -2.39. The highest BCUT2D eigenvalue weighted by atomic mass is 16.6. The van der Waals surface area contributed by atoms with Crippen LogP contribution in [0, 0.1) is 0 Å². The van der Waals surface area contributed by atoms with Gasteiger partial charge < -0.3 is 29.0 Å². The van der Waals surface area contributed by atoms with Crippen molar-refractivity contribution in [3.05, 3.63) is 40.9 Å². The number of aromatic nitrogens is 2. The number of nitrogens with zero attached hydrogens (tertiary/aromatic N) is 2. The zero-order valence-corrected chi connectivity index (χ0v) is 15.2. The van der Waals surface area contributed by atoms with E-state index in [0.29, 0.717) is 23.9 Å². The molecule has 2 unspecified atom stereocenters. The fourth-order valence-corrected chi connectivity index (χ4v) is 3.47. The van der Waals surface area contributed by atoms with Crippen molar-refractivity contribution >= 4 is 11.5 Å². The predicted octanol–water partition coefficient (Wildman–Crippen LogP) is 1.67. The van der Waals surface area contributed by atoms with E-state index in [1.165, 1.54) is 4.57 Å². The molecule has 1 aromatic heterocycles. The Hall–Kier alpha value is -2.46. The number of nitrogens with one attached hydrogen (secondary N) is 1. The smallest absolute Gasteiger partial charge is 0.351 e. The van der Waals surface area contributed by atoms with E-state index in [2.05, 4.69) is 10.3 Å². The van der Waals surface area contributed by atoms with Crippen molar-refractivity contribution in [2.75, 3.05) is 33.3 Å². The summed E-state index contributed by atoms with van der Waals surface area (Å²) in [5.74, 6) is 1.44. The molecule has 2 aliphatic rings. The number of hydrogen-bond donors (Lipinski definition) is 1. The maximum absolute atomic E-state index is 12.7. The second-order valence-electron chi connectivity index (χ2n) is 6.29. The lowest BCUT2D eigenvalue weighted by Gasteiger charge is -2.25. The minimum atomic E-state index is -0.717. The van der Waals surface area contributed by atoms with Crippen LogP contribution in [0.4, 0.5) is 11.5 Å². The molecule has 1 aromatic carbocycles. The second-order valence-corrected chi connectivity index (χ2v) is 6.29. The predicted molar refractivity (Wildman–Crippen MR) is 95.7 cm³/mol. The summed E-state index contributed by atoms with van der Waals surface area (Å²) in [6.07, 6.45) is -0.408. The number of fused-ring (bicyclic) bond motifs is 2. The molecule has 9 nitrogen and oxygen atoms in total. The fourth-order valence-electron chi connectivity index (χ4n) is 3.47. The highest BCUT2D eigenvalue weighted by Crippen LogP contribution is 2.41. The zero-order chi connectivity index (χ0) is 19.0. The van der Waals surface area contributed by atoms with Crippen molar-refractivity contribution < 1.29 is 23.7 Å². The first-order valence-corrected chi connectivity index (χ1v) is 8.53. The van der Waals surface area contributed by atoms with Gasteiger partial charge in [0.05, 0.1) is 18.5 Å². The number of anilines is 2. The van der Waals surface area contributed by atoms with Gasteiger partial charge >= 0.3 is 5.69 Å². The molecule has 144 valence electrons. The van der Waals surface area contributed by atoms with Crippen LogP contribution in [-0.4, -0.2) is 55.8 Å². The molecule has 1 fully saturated rings. The molecule has 0 aliphatic carbocycles. The molecule has 0 saturated carbocycles. The fraction of sp³-hybridized carbons (Fsp3) is 0.444. The minimum absolute atomic E-state index is 0.313. The molecule has 4 atom stereocenters. The highest BCUT2D eigenvalue weighted by molar-refractivity contribution is 5.72. The third-order valence-corrected chi connectivity index (χ3v) is 4.71. The summed E-state index contributed by atoms with van der Waals surface area (Å²) in [5.41, 5.74) is 0.269. The van der Waals surface area contributed by atoms with Crippen LogP contribution in [0.15, 0.2) is 35.3 Å². The monoisotopic (exact) mass is 375 g/mol. The molecule has 0 radical (unpaired) electrons. The van der Waals surface area contributed by atoms with Gasteiger partial charge in [-0.2, -0.15) is 4.98 Å². The van der Waals surface area contributed by atoms with Gasteiger partial charge in [0.15, 0.2) is 23.5 Å². The van der Waals surface area contributed by atoms with E-state index < -0.39 is 18.0 Å². The van der Waals surface area contributed by atoms with E-state index >= 15 is 0 Å². The van der Waals surface area contributed by atoms with Crippen LogP contribution in [0.25, 0.3) is 0 Å². The number of ether oxygens (including phenoxy) is 5. The van der Waals surface area contributed by atoms with Crippen LogP contribution in [0.5, 0.6) is 11.5 Å². The molecule has 0 amide bonds. The third-order valence-electron chi connectivity index (χ3n) is 4.71. The van der Waals surface area contributed by atoms with Gasteiger partial charge in [-0.05, 0) is 12.1 Å². The normalized spacial score (nSPS) is 26.0. The summed E-state index contributed by atoms with van der Waals surface area (Å²) in [7, 11) is 4.70. The minimum Gasteiger partial charge on any atom is -0.450 e. The maximum Gasteiger partial charge on any atom is 0.351 e. The molecular formula is C18H21N3O6. The first kappa shape index (κ1) is 17.9. The lowest BCUT2D eigenvalue weighted by atomic mass is 10.1. The van der Waals surface area contributed by atoms with E-state index in [0.717, 1.165) is 5.69 Å². The maximum atomic E-state index is 12.7. The van der Waals surface area contributed by atoms with Crippen LogP contribution in [0.1, 0.15) is 6.23 Å². The van der Waals surface area contributed by atoms with E-state index in [-0.39, 0.29) is 12.2 Å². The van der Waals surface area contributed by atoms with Gasteiger partial charge in [0, 0.05) is 21.3 Å². The molecule has 27 heavy (non-hydrogen) atoms. The zero-order valence-electron chi connectivity index (χ0n) is 15.2. The topological polar surface area (TPSA) is 93.1 Å². The van der Waals surface area contributed by atoms with Crippen molar-refractivity contribution in [3.63, 3.8) is 0 Å². The van der Waals surface area contributed by atoms with Gasteiger partial charge in [0.25, 0.3) is 0 Å². The van der Waals surface area contributed by atoms with Crippen molar-refractivity contribution in [1.29, 1.82) is 0 Å². The summed E-state index contributed by atoms with van der Waals surface area (Å²) in [6, 6.07) is 7.43. The van der Waals surface area contributed by atoms with Crippen molar-refractivity contribution in [2.45, 2.75) is 24.5 Å². The Labute approximate surface area is 155 Å². The van der Waals surface area contributed by atoms with Gasteiger partial charge in [0.1, 0.15) is 18.3 Å². The summed E-state index contributed by atoms with van der Waals surface area (Å²) < 4.78 is 29.5. The lowest BCUT2D eigenvalue weighted by molar-refractivity contribution is -0.0674. The van der Waals surface area contributed by atoms with E-state index in [9.17, 15) is 4.79 Å². The first-order chi connectivity index (χ1) is 13.2. The van der Waals surface area contributed by atoms with Crippen LogP contribution in [0.3, 0.4) is 0 Å². The van der Waals surface area contributed by atoms with Gasteiger partial charge in [-0.3, -0.25) is 4.57 Å². The third kappa shape index (κ3) is 3.08. The van der Waals surface area contributed by atoms with Gasteiger partial charge in [-0.1, -0.05) is 12.1 Å². The summed E-state index contributed by atoms with van der Waals surface area (Å²) in [4.78, 5) is 16.8. The molecule has 2 aromatic rings. The van der Waals surface area contributed by atoms with Crippen molar-refractivity contribution in [1.82, 2.24) is 9.55 Å². The SMILES string of the molecule is COC[C@H]1O[C@@H](n2cc3c(nc2=O)Nc2ccccc2O3)C(OC)C1OC. The molecule has 3 heterocycles. The molecule has 4 rings (SSSR count). The quantitative estimate of drug-likeness (QED) is 0.720. The molecule has 0 bridgehead atoms. The average Bonchev–Trinajstić information content (AvgIpc) is 3.03. The molecule has 0 spiro atoms. The van der Waals surface area contributed by atoms with Crippen molar-refractivity contribution in [2.24, 2.45) is 0 Å². The van der Waals surface area contributed by atoms with Crippen molar-refractivity contribution in [3.8, 4) is 11.5 Å². The number of rotatable bonds is 5. The molecule has 9 heteroatoms. The van der Waals surface area contributed by atoms with E-state index in [1.807, 2.05) is 24.3 Å². The Morgan fingerprint density at radius 2 is 1.93 bits per heavy atom. The molecule has 1 N–H and O–H groups in total. The van der Waals surface area contributed by atoms with Gasteiger partial charge in [-0.15, -0.1) is 0 Å². The first-order valence-electron chi connectivity index (χ1n) is 8.53. The Morgan fingerprint density at radius 3 is 2.67 bits per heavy atom. The largest absolute Gasteiger partial charge is 0.450 e. The standard InChI is InChI=1S/C18H21N3O6/c1-23-9-13-14(24-2)15(25-3)17(27-13)21-8-12-16(20-18(21)22)19-10-6-4-5-7-11(10)26-12/h4-8,13-15,17H,9H2,1-3H3,(H,19,20,22)/t13-,14?,15?,17-/m1/s1. The highest BCUT2D eigenvalue weighted by Gasteiger charge is 2.47. The Morgan fingerprint density at radius 1 is 1.15 bits per heavy atom. The summed E-state index contributed by atoms with van der Waals surface area (Å²) >= 11 is 0. The second kappa shape index (κ2) is 7.28. The van der Waals surface area contributed by atoms with Gasteiger partial charge in [0.2, 0.25) is 0 Å². The van der Waals surface area contributed by atoms with E-state index in [1.54, 1.807) is 27.5 Å². The Balaban J connectivity index is 1.70. The molecular weight excluding hydrogens is 354 g/mol. The Bertz CT molecular complexity index is 886. The number of benzene rings is 1. The van der Waals surface area contributed by atoms with Crippen LogP contribution < -0.4 is 15.7 Å². The average molecular weight is 375 g/mol. The van der Waals surface area contributed by atoms with Crippen LogP contribution in [-0.2, 0) is 18.9 Å². The number of para-hydroxylation sites is 2. The van der Waals surface area contributed by atoms with Gasteiger partial charge in [-0.25, -0.2) is 4.79 Å². The molecule has 2 aliphatic heterocycles. The summed E-state index contributed by atoms with van der Waals surface area (Å²) in [5, 5.41) is 3.11. The molecule has 1 saturated heterocycles. The van der Waals surface area contributed by atoms with E-state index in [4.69, 9.17) is 23.7 Å². The number of hydrogen-bond acceptors (Lipinski definition) is 8.